The van der Waals surface area contributed by atoms with Crippen molar-refractivity contribution in [2.24, 2.45) is 11.8 Å². The minimum Gasteiger partial charge on any atom is -0.463 e. The number of rotatable bonds is 12. The monoisotopic (exact) mass is 480 g/mol. The summed E-state index contributed by atoms with van der Waals surface area (Å²) in [7, 11) is 0. The number of carbonyl (C=O) groups is 1. The lowest BCUT2D eigenvalue weighted by Crippen LogP contribution is -2.20. The zero-order valence-electron chi connectivity index (χ0n) is 20.9. The molecule has 1 saturated carbocycles. The van der Waals surface area contributed by atoms with Crippen LogP contribution in [-0.2, 0) is 16.0 Å². The molecule has 0 aromatic heterocycles. The number of hydrogen-bond donors (Lipinski definition) is 3. The molecule has 5 nitrogen and oxygen atoms in total. The van der Waals surface area contributed by atoms with Gasteiger partial charge in [0.15, 0.2) is 0 Å². The van der Waals surface area contributed by atoms with Gasteiger partial charge in [0.05, 0.1) is 24.4 Å². The molecule has 3 N–H and O–H groups in total. The number of unbranched alkanes of at least 4 members (excludes halogenated alkanes) is 1. The van der Waals surface area contributed by atoms with Crippen molar-refractivity contribution >= 4 is 16.7 Å². The molecule has 1 aliphatic carbocycles. The van der Waals surface area contributed by atoms with Crippen LogP contribution in [0.4, 0.5) is 0 Å². The van der Waals surface area contributed by atoms with Gasteiger partial charge in [-0.2, -0.15) is 0 Å². The van der Waals surface area contributed by atoms with E-state index in [0.29, 0.717) is 25.7 Å². The zero-order chi connectivity index (χ0) is 25.2. The summed E-state index contributed by atoms with van der Waals surface area (Å²) in [5.74, 6) is -0.455. The number of aliphatic hydroxyl groups is 3. The highest BCUT2D eigenvalue weighted by atomic mass is 16.5. The van der Waals surface area contributed by atoms with Gasteiger partial charge in [-0.05, 0) is 68.2 Å². The van der Waals surface area contributed by atoms with Crippen molar-refractivity contribution in [2.75, 3.05) is 0 Å². The molecule has 2 aromatic rings. The van der Waals surface area contributed by atoms with Crippen molar-refractivity contribution in [1.82, 2.24) is 0 Å². The second kappa shape index (κ2) is 13.6. The third kappa shape index (κ3) is 8.31. The van der Waals surface area contributed by atoms with Crippen molar-refractivity contribution in [3.63, 3.8) is 0 Å². The smallest absolute Gasteiger partial charge is 0.306 e. The number of carbonyl (C=O) groups excluding carboxylic acids is 1. The van der Waals surface area contributed by atoms with Crippen LogP contribution in [0, 0.1) is 11.8 Å². The molecule has 0 aliphatic heterocycles. The highest BCUT2D eigenvalue weighted by molar-refractivity contribution is 5.85. The summed E-state index contributed by atoms with van der Waals surface area (Å²) in [6.45, 7) is 3.68. The average molecular weight is 481 g/mol. The SMILES string of the molecule is CC(C)OC(=O)CCC/C=C\C[C@H]1C(O)CC(O)[C@@H]1/C=C/C(O)CCc1cccc2ccccc12. The van der Waals surface area contributed by atoms with Gasteiger partial charge in [-0.25, -0.2) is 0 Å². The normalized spacial score (nSPS) is 23.6. The lowest BCUT2D eigenvalue weighted by Gasteiger charge is -2.19. The van der Waals surface area contributed by atoms with Crippen molar-refractivity contribution in [2.45, 2.75) is 83.2 Å². The van der Waals surface area contributed by atoms with Crippen LogP contribution >= 0.6 is 0 Å². The van der Waals surface area contributed by atoms with Crippen LogP contribution in [0.15, 0.2) is 66.8 Å². The van der Waals surface area contributed by atoms with Crippen molar-refractivity contribution in [3.8, 4) is 0 Å². The Morgan fingerprint density at radius 3 is 2.66 bits per heavy atom. The number of aryl methyl sites for hydroxylation is 1. The van der Waals surface area contributed by atoms with Gasteiger partial charge in [0.1, 0.15) is 0 Å². The number of ether oxygens (including phenoxy) is 1. The lowest BCUT2D eigenvalue weighted by atomic mass is 9.89. The fraction of sp³-hybridized carbons (Fsp3) is 0.500. The van der Waals surface area contributed by atoms with E-state index in [2.05, 4.69) is 24.3 Å². The Kier molecular flexibility index (Phi) is 10.5. The molecule has 1 fully saturated rings. The molecule has 5 heteroatoms. The number of hydrogen-bond acceptors (Lipinski definition) is 5. The van der Waals surface area contributed by atoms with Crippen LogP contribution in [0.25, 0.3) is 10.8 Å². The van der Waals surface area contributed by atoms with Crippen LogP contribution in [0.5, 0.6) is 0 Å². The fourth-order valence-electron chi connectivity index (χ4n) is 4.93. The molecular formula is C30H40O5. The maximum atomic E-state index is 11.6. The van der Waals surface area contributed by atoms with E-state index in [1.165, 1.54) is 16.3 Å². The molecule has 0 bridgehead atoms. The third-order valence-corrected chi connectivity index (χ3v) is 6.75. The predicted octanol–water partition coefficient (Wildman–Crippen LogP) is 5.12. The first-order chi connectivity index (χ1) is 16.8. The lowest BCUT2D eigenvalue weighted by molar-refractivity contribution is -0.147. The van der Waals surface area contributed by atoms with E-state index in [1.54, 1.807) is 6.08 Å². The topological polar surface area (TPSA) is 87.0 Å². The molecule has 1 aliphatic rings. The van der Waals surface area contributed by atoms with Gasteiger partial charge in [-0.1, -0.05) is 66.8 Å². The fourth-order valence-corrected chi connectivity index (χ4v) is 4.93. The van der Waals surface area contributed by atoms with Crippen LogP contribution in [-0.4, -0.2) is 45.7 Å². The number of esters is 1. The number of aliphatic hydroxyl groups excluding tert-OH is 3. The van der Waals surface area contributed by atoms with E-state index < -0.39 is 18.3 Å². The summed E-state index contributed by atoms with van der Waals surface area (Å²) in [6, 6.07) is 14.5. The Balaban J connectivity index is 1.47. The van der Waals surface area contributed by atoms with Gasteiger partial charge in [-0.3, -0.25) is 4.79 Å². The Morgan fingerprint density at radius 1 is 1.09 bits per heavy atom. The quantitative estimate of drug-likeness (QED) is 0.223. The summed E-state index contributed by atoms with van der Waals surface area (Å²) < 4.78 is 5.13. The Bertz CT molecular complexity index is 990. The summed E-state index contributed by atoms with van der Waals surface area (Å²) in [5, 5.41) is 33.9. The summed E-state index contributed by atoms with van der Waals surface area (Å²) >= 11 is 0. The van der Waals surface area contributed by atoms with E-state index in [4.69, 9.17) is 4.74 Å². The Hall–Kier alpha value is -2.47. The van der Waals surface area contributed by atoms with Crippen LogP contribution in [0.1, 0.15) is 57.9 Å². The molecule has 3 rings (SSSR count). The second-order valence-corrected chi connectivity index (χ2v) is 9.88. The van der Waals surface area contributed by atoms with Gasteiger partial charge in [0.25, 0.3) is 0 Å². The zero-order valence-corrected chi connectivity index (χ0v) is 20.9. The largest absolute Gasteiger partial charge is 0.463 e. The van der Waals surface area contributed by atoms with Crippen molar-refractivity contribution < 1.29 is 24.9 Å². The maximum Gasteiger partial charge on any atom is 0.306 e. The highest BCUT2D eigenvalue weighted by Crippen LogP contribution is 2.36. The molecule has 5 atom stereocenters. The van der Waals surface area contributed by atoms with E-state index >= 15 is 0 Å². The Labute approximate surface area is 209 Å². The molecule has 2 aromatic carbocycles. The van der Waals surface area contributed by atoms with Gasteiger partial charge in [0.2, 0.25) is 0 Å². The van der Waals surface area contributed by atoms with Crippen molar-refractivity contribution in [1.29, 1.82) is 0 Å². The minimum atomic E-state index is -0.615. The van der Waals surface area contributed by atoms with Crippen molar-refractivity contribution in [3.05, 3.63) is 72.3 Å². The van der Waals surface area contributed by atoms with Gasteiger partial charge < -0.3 is 20.1 Å². The molecule has 0 radical (unpaired) electrons. The first kappa shape index (κ1) is 27.1. The van der Waals surface area contributed by atoms with Gasteiger partial charge in [-0.15, -0.1) is 0 Å². The number of fused-ring (bicyclic) bond motifs is 1. The number of benzene rings is 2. The average Bonchev–Trinajstić information content (AvgIpc) is 3.09. The highest BCUT2D eigenvalue weighted by Gasteiger charge is 2.39. The first-order valence-electron chi connectivity index (χ1n) is 12.9. The standard InChI is InChI=1S/C30H40O5/c1-21(2)35-30(34)15-6-4-3-5-14-26-27(29(33)20-28(26)32)19-18-24(31)17-16-23-12-9-11-22-10-7-8-13-25(22)23/h3,5,7-13,18-19,21,24,26-29,31-33H,4,6,14-17,20H2,1-2H3/b5-3-,19-18+/t24?,26-,27-,28?,29?/m1/s1. The van der Waals surface area contributed by atoms with E-state index in [-0.39, 0.29) is 23.9 Å². The van der Waals surface area contributed by atoms with Crippen LogP contribution in [0.3, 0.4) is 0 Å². The Morgan fingerprint density at radius 2 is 1.86 bits per heavy atom. The maximum absolute atomic E-state index is 11.6. The van der Waals surface area contributed by atoms with E-state index in [0.717, 1.165) is 19.3 Å². The summed E-state index contributed by atoms with van der Waals surface area (Å²) in [4.78, 5) is 11.6. The van der Waals surface area contributed by atoms with Crippen LogP contribution in [0.2, 0.25) is 0 Å². The molecule has 3 unspecified atom stereocenters. The molecular weight excluding hydrogens is 440 g/mol. The minimum absolute atomic E-state index is 0.0879. The van der Waals surface area contributed by atoms with Gasteiger partial charge in [0, 0.05) is 18.8 Å². The van der Waals surface area contributed by atoms with E-state index in [9.17, 15) is 20.1 Å². The summed E-state index contributed by atoms with van der Waals surface area (Å²) in [6.07, 6.45) is 10.1. The van der Waals surface area contributed by atoms with Gasteiger partial charge >= 0.3 is 5.97 Å². The second-order valence-electron chi connectivity index (χ2n) is 9.88. The molecule has 35 heavy (non-hydrogen) atoms. The molecule has 190 valence electrons. The first-order valence-corrected chi connectivity index (χ1v) is 12.9. The van der Waals surface area contributed by atoms with Crippen LogP contribution < -0.4 is 0 Å². The number of allylic oxidation sites excluding steroid dienone is 2. The molecule has 0 saturated heterocycles. The molecule has 0 spiro atoms. The predicted molar refractivity (Wildman–Crippen MR) is 140 cm³/mol. The molecule has 0 amide bonds. The molecule has 0 heterocycles. The summed E-state index contributed by atoms with van der Waals surface area (Å²) in [5.41, 5.74) is 1.22. The third-order valence-electron chi connectivity index (χ3n) is 6.75. The van der Waals surface area contributed by atoms with E-state index in [1.807, 2.05) is 50.3 Å².